The first kappa shape index (κ1) is 25.2. The number of carbonyl (C=O) groups is 1. The van der Waals surface area contributed by atoms with Crippen molar-refractivity contribution in [3.05, 3.63) is 23.0 Å². The highest BCUT2D eigenvalue weighted by Gasteiger charge is 2.38. The number of aryl methyl sites for hydroxylation is 1. The van der Waals surface area contributed by atoms with Gasteiger partial charge in [-0.2, -0.15) is 5.10 Å². The predicted molar refractivity (Wildman–Crippen MR) is 135 cm³/mol. The van der Waals surface area contributed by atoms with E-state index in [9.17, 15) is 4.79 Å². The predicted octanol–water partition coefficient (Wildman–Crippen LogP) is 5.33. The Hall–Kier alpha value is -1.86. The molecular formula is C26H40ClN5O2. The quantitative estimate of drug-likeness (QED) is 0.568. The largest absolute Gasteiger partial charge is 0.364 e. The van der Waals surface area contributed by atoms with Gasteiger partial charge in [-0.3, -0.25) is 9.48 Å². The average molecular weight is 490 g/mol. The van der Waals surface area contributed by atoms with Gasteiger partial charge in [0.25, 0.3) is 0 Å². The molecule has 3 heterocycles. The van der Waals surface area contributed by atoms with Gasteiger partial charge in [-0.25, -0.2) is 0 Å². The van der Waals surface area contributed by atoms with Crippen LogP contribution < -0.4 is 5.32 Å². The maximum atomic E-state index is 13.0. The van der Waals surface area contributed by atoms with Crippen LogP contribution in [0.5, 0.6) is 0 Å². The third kappa shape index (κ3) is 6.03. The Morgan fingerprint density at radius 3 is 2.53 bits per heavy atom. The normalized spacial score (nSPS) is 19.6. The van der Waals surface area contributed by atoms with Crippen LogP contribution in [0.15, 0.2) is 16.9 Å². The molecule has 8 heteroatoms. The van der Waals surface area contributed by atoms with E-state index in [1.54, 1.807) is 10.7 Å². The van der Waals surface area contributed by atoms with E-state index < -0.39 is 0 Å². The van der Waals surface area contributed by atoms with Crippen LogP contribution in [-0.2, 0) is 17.8 Å². The summed E-state index contributed by atoms with van der Waals surface area (Å²) in [6.07, 6.45) is 10.1. The minimum absolute atomic E-state index is 0.000229. The van der Waals surface area contributed by atoms with Gasteiger partial charge in [-0.05, 0) is 82.3 Å². The molecule has 2 aromatic rings. The first-order chi connectivity index (χ1) is 16.2. The standard InChI is InChI=1S/C26H40ClN5O2/c1-5-32-24(27)20(23(29-32)21-8-17-34-30-21)18-22(33)28-19-6-9-26(10-7-19)12-15-31(16-13-26)14-11-25(2,3)4/h8,17,19H,5-7,9-16,18H2,1-4H3,(H,28,33). The van der Waals surface area contributed by atoms with Crippen LogP contribution in [0.1, 0.15) is 78.2 Å². The summed E-state index contributed by atoms with van der Waals surface area (Å²) in [7, 11) is 0. The molecule has 1 aliphatic carbocycles. The lowest BCUT2D eigenvalue weighted by atomic mass is 9.67. The molecule has 0 unspecified atom stereocenters. The van der Waals surface area contributed by atoms with Crippen molar-refractivity contribution in [1.82, 2.24) is 25.2 Å². The van der Waals surface area contributed by atoms with Crippen LogP contribution in [-0.4, -0.2) is 51.4 Å². The van der Waals surface area contributed by atoms with E-state index in [1.807, 2.05) is 6.92 Å². The fraction of sp³-hybridized carbons (Fsp3) is 0.731. The van der Waals surface area contributed by atoms with Gasteiger partial charge in [0.15, 0.2) is 0 Å². The summed E-state index contributed by atoms with van der Waals surface area (Å²) in [5, 5.41) is 12.3. The van der Waals surface area contributed by atoms with Gasteiger partial charge in [0.05, 0.1) is 6.42 Å². The first-order valence-electron chi connectivity index (χ1n) is 12.9. The Morgan fingerprint density at radius 1 is 1.24 bits per heavy atom. The zero-order valence-electron chi connectivity index (χ0n) is 21.2. The van der Waals surface area contributed by atoms with Crippen molar-refractivity contribution in [3.8, 4) is 11.4 Å². The Labute approximate surface area is 208 Å². The molecule has 0 bridgehead atoms. The number of amides is 1. The van der Waals surface area contributed by atoms with Crippen molar-refractivity contribution in [2.75, 3.05) is 19.6 Å². The second kappa shape index (κ2) is 10.4. The lowest BCUT2D eigenvalue weighted by molar-refractivity contribution is -0.121. The molecule has 1 saturated carbocycles. The molecular weight excluding hydrogens is 450 g/mol. The Morgan fingerprint density at radius 2 is 1.94 bits per heavy atom. The van der Waals surface area contributed by atoms with Crippen LogP contribution in [0.3, 0.4) is 0 Å². The second-order valence-corrected chi connectivity index (χ2v) is 11.8. The van der Waals surface area contributed by atoms with Gasteiger partial charge in [-0.1, -0.05) is 37.5 Å². The van der Waals surface area contributed by atoms with Crippen LogP contribution in [0, 0.1) is 10.8 Å². The zero-order valence-corrected chi connectivity index (χ0v) is 22.0. The van der Waals surface area contributed by atoms with E-state index in [4.69, 9.17) is 16.1 Å². The number of rotatable bonds is 7. The number of nitrogens with zero attached hydrogens (tertiary/aromatic N) is 4. The monoisotopic (exact) mass is 489 g/mol. The van der Waals surface area contributed by atoms with Crippen molar-refractivity contribution in [2.45, 2.75) is 91.6 Å². The van der Waals surface area contributed by atoms with Crippen LogP contribution >= 0.6 is 11.6 Å². The van der Waals surface area contributed by atoms with Crippen LogP contribution in [0.25, 0.3) is 11.4 Å². The number of hydrogen-bond acceptors (Lipinski definition) is 5. The molecule has 1 aliphatic heterocycles. The highest BCUT2D eigenvalue weighted by molar-refractivity contribution is 6.31. The van der Waals surface area contributed by atoms with E-state index in [-0.39, 0.29) is 18.4 Å². The van der Waals surface area contributed by atoms with E-state index >= 15 is 0 Å². The highest BCUT2D eigenvalue weighted by atomic mass is 35.5. The van der Waals surface area contributed by atoms with Crippen LogP contribution in [0.2, 0.25) is 5.15 Å². The van der Waals surface area contributed by atoms with Gasteiger partial charge < -0.3 is 14.7 Å². The van der Waals surface area contributed by atoms with Gasteiger partial charge in [0, 0.05) is 24.2 Å². The molecule has 7 nitrogen and oxygen atoms in total. The number of aromatic nitrogens is 3. The number of hydrogen-bond donors (Lipinski definition) is 1. The number of nitrogens with one attached hydrogen (secondary N) is 1. The number of halogens is 1. The summed E-state index contributed by atoms with van der Waals surface area (Å²) < 4.78 is 6.68. The Balaban J connectivity index is 1.28. The van der Waals surface area contributed by atoms with E-state index in [0.29, 0.717) is 39.5 Å². The van der Waals surface area contributed by atoms with Gasteiger partial charge in [0.1, 0.15) is 22.8 Å². The van der Waals surface area contributed by atoms with E-state index in [1.165, 1.54) is 58.0 Å². The molecule has 1 amide bonds. The molecule has 0 radical (unpaired) electrons. The summed E-state index contributed by atoms with van der Waals surface area (Å²) in [4.78, 5) is 15.6. The Kier molecular flexibility index (Phi) is 7.72. The smallest absolute Gasteiger partial charge is 0.224 e. The fourth-order valence-corrected chi connectivity index (χ4v) is 5.76. The summed E-state index contributed by atoms with van der Waals surface area (Å²) in [5.74, 6) is 0.000229. The second-order valence-electron chi connectivity index (χ2n) is 11.5. The summed E-state index contributed by atoms with van der Waals surface area (Å²) in [5.41, 5.74) is 2.82. The van der Waals surface area contributed by atoms with E-state index in [0.717, 1.165) is 12.8 Å². The molecule has 4 rings (SSSR count). The average Bonchev–Trinajstić information content (AvgIpc) is 3.43. The maximum absolute atomic E-state index is 13.0. The van der Waals surface area contributed by atoms with Crippen LogP contribution in [0.4, 0.5) is 0 Å². The molecule has 2 aliphatic rings. The highest BCUT2D eigenvalue weighted by Crippen LogP contribution is 2.44. The number of likely N-dealkylation sites (tertiary alicyclic amines) is 1. The number of carbonyl (C=O) groups excluding carboxylic acids is 1. The molecule has 1 N–H and O–H groups in total. The first-order valence-corrected chi connectivity index (χ1v) is 13.2. The minimum Gasteiger partial charge on any atom is -0.364 e. The third-order valence-electron chi connectivity index (χ3n) is 7.81. The topological polar surface area (TPSA) is 76.2 Å². The van der Waals surface area contributed by atoms with Gasteiger partial charge in [-0.15, -0.1) is 0 Å². The molecule has 0 aromatic carbocycles. The van der Waals surface area contributed by atoms with Gasteiger partial charge >= 0.3 is 0 Å². The zero-order chi connectivity index (χ0) is 24.3. The lowest BCUT2D eigenvalue weighted by Gasteiger charge is -2.46. The van der Waals surface area contributed by atoms with Crippen molar-refractivity contribution in [2.24, 2.45) is 10.8 Å². The molecule has 1 spiro atoms. The minimum atomic E-state index is 0.000229. The molecule has 0 atom stereocenters. The molecule has 2 fully saturated rings. The van der Waals surface area contributed by atoms with Gasteiger partial charge in [0.2, 0.25) is 5.91 Å². The molecule has 34 heavy (non-hydrogen) atoms. The van der Waals surface area contributed by atoms with Crippen molar-refractivity contribution in [1.29, 1.82) is 0 Å². The molecule has 188 valence electrons. The SMILES string of the molecule is CCn1nc(-c2ccon2)c(CC(=O)NC2CCC3(CC2)CCN(CCC(C)(C)C)CC3)c1Cl. The van der Waals surface area contributed by atoms with Crippen molar-refractivity contribution in [3.63, 3.8) is 0 Å². The molecule has 1 saturated heterocycles. The van der Waals surface area contributed by atoms with Crippen molar-refractivity contribution >= 4 is 17.5 Å². The summed E-state index contributed by atoms with van der Waals surface area (Å²) >= 11 is 6.55. The molecule has 2 aromatic heterocycles. The summed E-state index contributed by atoms with van der Waals surface area (Å²) in [6.45, 7) is 13.2. The summed E-state index contributed by atoms with van der Waals surface area (Å²) in [6, 6.07) is 1.99. The number of piperidine rings is 1. The fourth-order valence-electron chi connectivity index (χ4n) is 5.44. The van der Waals surface area contributed by atoms with Crippen molar-refractivity contribution < 1.29 is 9.32 Å². The van der Waals surface area contributed by atoms with E-state index in [2.05, 4.69) is 41.2 Å². The Bertz CT molecular complexity index is 945. The maximum Gasteiger partial charge on any atom is 0.224 e. The lowest BCUT2D eigenvalue weighted by Crippen LogP contribution is -2.46. The third-order valence-corrected chi connectivity index (χ3v) is 8.23.